The lowest BCUT2D eigenvalue weighted by atomic mass is 10.1. The molecule has 12 nitrogen and oxygen atoms in total. The molecule has 13 heteroatoms. The molecule has 1 saturated heterocycles. The van der Waals surface area contributed by atoms with Gasteiger partial charge in [-0.1, -0.05) is 13.8 Å². The normalized spacial score (nSPS) is 15.3. The number of ether oxygens (including phenoxy) is 5. The van der Waals surface area contributed by atoms with E-state index >= 15 is 0 Å². The fourth-order valence-electron chi connectivity index (χ4n) is 4.12. The van der Waals surface area contributed by atoms with E-state index in [1.807, 2.05) is 13.8 Å². The molecule has 0 N–H and O–H groups in total. The van der Waals surface area contributed by atoms with Gasteiger partial charge in [0.15, 0.2) is 6.29 Å². The number of hydrogen-bond donors (Lipinski definition) is 0. The van der Waals surface area contributed by atoms with Gasteiger partial charge >= 0.3 is 6.09 Å². The third kappa shape index (κ3) is 7.72. The van der Waals surface area contributed by atoms with Crippen LogP contribution in [-0.2, 0) is 24.2 Å². The molecule has 1 aliphatic rings. The summed E-state index contributed by atoms with van der Waals surface area (Å²) in [5.74, 6) is 0.0689. The van der Waals surface area contributed by atoms with Crippen LogP contribution < -0.4 is 13.8 Å². The van der Waals surface area contributed by atoms with Crippen molar-refractivity contribution in [2.75, 3.05) is 37.8 Å². The standard InChI is InChI=1S/C29H36N4O8S/c1-20(2)19-41-29(34)33(27-28(37-4)32-21(3)18-31-27)42(35,36)24-8-7-14-30-26(24)22-10-12-23(13-11-22)38-16-17-40-25-9-5-6-15-39-25/h7-8,10-14,18,20,25H,5-6,9,15-17,19H2,1-4H3. The Labute approximate surface area is 246 Å². The maximum atomic E-state index is 14.2. The molecule has 226 valence electrons. The number of anilines is 1. The highest BCUT2D eigenvalue weighted by Gasteiger charge is 2.38. The Morgan fingerprint density at radius 1 is 1.12 bits per heavy atom. The van der Waals surface area contributed by atoms with Gasteiger partial charge in [-0.25, -0.2) is 23.2 Å². The van der Waals surface area contributed by atoms with E-state index < -0.39 is 16.1 Å². The maximum absolute atomic E-state index is 14.2. The molecular formula is C29H36N4O8S. The van der Waals surface area contributed by atoms with Crippen molar-refractivity contribution in [2.24, 2.45) is 5.92 Å². The first-order valence-electron chi connectivity index (χ1n) is 13.7. The Morgan fingerprint density at radius 2 is 1.90 bits per heavy atom. The Morgan fingerprint density at radius 3 is 2.60 bits per heavy atom. The summed E-state index contributed by atoms with van der Waals surface area (Å²) in [6.45, 7) is 6.75. The summed E-state index contributed by atoms with van der Waals surface area (Å²) in [4.78, 5) is 25.8. The van der Waals surface area contributed by atoms with E-state index in [1.165, 1.54) is 31.6 Å². The molecule has 0 bridgehead atoms. The lowest BCUT2D eigenvalue weighted by molar-refractivity contribution is -0.165. The van der Waals surface area contributed by atoms with Crippen LogP contribution >= 0.6 is 0 Å². The van der Waals surface area contributed by atoms with Crippen molar-refractivity contribution in [2.45, 2.75) is 51.2 Å². The van der Waals surface area contributed by atoms with Gasteiger partial charge in [0.1, 0.15) is 17.3 Å². The third-order valence-corrected chi connectivity index (χ3v) is 7.83. The predicted molar refractivity (Wildman–Crippen MR) is 154 cm³/mol. The van der Waals surface area contributed by atoms with E-state index in [4.69, 9.17) is 23.7 Å². The second kappa shape index (κ2) is 14.4. The first kappa shape index (κ1) is 31.1. The van der Waals surface area contributed by atoms with Crippen LogP contribution in [0.4, 0.5) is 10.6 Å². The molecule has 1 fully saturated rings. The number of nitrogens with zero attached hydrogens (tertiary/aromatic N) is 4. The van der Waals surface area contributed by atoms with E-state index in [-0.39, 0.29) is 41.1 Å². The Balaban J connectivity index is 1.59. The summed E-state index contributed by atoms with van der Waals surface area (Å²) in [5.41, 5.74) is 1.09. The fraction of sp³-hybridized carbons (Fsp3) is 0.448. The van der Waals surface area contributed by atoms with Gasteiger partial charge in [0.2, 0.25) is 5.82 Å². The van der Waals surface area contributed by atoms with E-state index in [0.29, 0.717) is 41.1 Å². The van der Waals surface area contributed by atoms with Crippen LogP contribution in [0.2, 0.25) is 0 Å². The van der Waals surface area contributed by atoms with Gasteiger partial charge in [-0.05, 0) is 68.5 Å². The SMILES string of the molecule is COc1nc(C)cnc1N(C(=O)OCC(C)C)S(=O)(=O)c1cccnc1-c1ccc(OCCOC2CCCCO2)cc1. The molecule has 1 unspecified atom stereocenters. The molecule has 2 aromatic heterocycles. The highest BCUT2D eigenvalue weighted by atomic mass is 32.2. The van der Waals surface area contributed by atoms with Crippen LogP contribution in [0, 0.1) is 12.8 Å². The summed E-state index contributed by atoms with van der Waals surface area (Å²) in [6, 6.07) is 9.63. The Bertz CT molecular complexity index is 1440. The van der Waals surface area contributed by atoms with Gasteiger partial charge in [-0.3, -0.25) is 4.98 Å². The van der Waals surface area contributed by atoms with Gasteiger partial charge in [0.25, 0.3) is 15.9 Å². The number of sulfonamides is 1. The molecule has 0 aliphatic carbocycles. The smallest absolute Gasteiger partial charge is 0.430 e. The van der Waals surface area contributed by atoms with E-state index in [1.54, 1.807) is 31.2 Å². The van der Waals surface area contributed by atoms with Crippen LogP contribution in [0.1, 0.15) is 38.8 Å². The monoisotopic (exact) mass is 600 g/mol. The Kier molecular flexibility index (Phi) is 10.7. The second-order valence-electron chi connectivity index (χ2n) is 9.97. The molecular weight excluding hydrogens is 564 g/mol. The highest BCUT2D eigenvalue weighted by molar-refractivity contribution is 7.93. The second-order valence-corrected chi connectivity index (χ2v) is 11.7. The fourth-order valence-corrected chi connectivity index (χ4v) is 5.59. The molecule has 1 aliphatic heterocycles. The molecule has 3 aromatic rings. The predicted octanol–water partition coefficient (Wildman–Crippen LogP) is 4.77. The minimum absolute atomic E-state index is 0.00740. The summed E-state index contributed by atoms with van der Waals surface area (Å²) in [5, 5.41) is 0. The molecule has 42 heavy (non-hydrogen) atoms. The van der Waals surface area contributed by atoms with Crippen molar-refractivity contribution < 1.29 is 36.9 Å². The minimum Gasteiger partial charge on any atom is -0.491 e. The van der Waals surface area contributed by atoms with Crippen molar-refractivity contribution in [1.82, 2.24) is 15.0 Å². The number of methoxy groups -OCH3 is 1. The minimum atomic E-state index is -4.61. The number of benzene rings is 1. The lowest BCUT2D eigenvalue weighted by Gasteiger charge is -2.23. The number of carbonyl (C=O) groups is 1. The quantitative estimate of drug-likeness (QED) is 0.266. The number of aryl methyl sites for hydroxylation is 1. The summed E-state index contributed by atoms with van der Waals surface area (Å²) >= 11 is 0. The largest absolute Gasteiger partial charge is 0.491 e. The summed E-state index contributed by atoms with van der Waals surface area (Å²) < 4.78 is 56.4. The topological polar surface area (TPSA) is 139 Å². The Hall–Kier alpha value is -3.81. The molecule has 1 aromatic carbocycles. The first-order valence-corrected chi connectivity index (χ1v) is 15.2. The van der Waals surface area contributed by atoms with E-state index in [9.17, 15) is 13.2 Å². The van der Waals surface area contributed by atoms with Crippen LogP contribution in [0.25, 0.3) is 11.3 Å². The van der Waals surface area contributed by atoms with Crippen LogP contribution in [0.5, 0.6) is 11.6 Å². The van der Waals surface area contributed by atoms with Crippen molar-refractivity contribution in [3.63, 3.8) is 0 Å². The van der Waals surface area contributed by atoms with Crippen molar-refractivity contribution >= 4 is 21.9 Å². The molecule has 1 amide bonds. The number of rotatable bonds is 12. The maximum Gasteiger partial charge on any atom is 0.430 e. The van der Waals surface area contributed by atoms with Gasteiger partial charge < -0.3 is 23.7 Å². The third-order valence-electron chi connectivity index (χ3n) is 6.14. The summed E-state index contributed by atoms with van der Waals surface area (Å²) in [6.07, 6.45) is 4.49. The summed E-state index contributed by atoms with van der Waals surface area (Å²) in [7, 11) is -3.30. The van der Waals surface area contributed by atoms with Crippen molar-refractivity contribution in [3.05, 3.63) is 54.5 Å². The number of hydrogen-bond acceptors (Lipinski definition) is 11. The molecule has 0 radical (unpaired) electrons. The zero-order valence-corrected chi connectivity index (χ0v) is 25.0. The van der Waals surface area contributed by atoms with Gasteiger partial charge in [-0.2, -0.15) is 0 Å². The average Bonchev–Trinajstić information content (AvgIpc) is 3.00. The number of amides is 1. The molecule has 0 spiro atoms. The van der Waals surface area contributed by atoms with Crippen LogP contribution in [-0.4, -0.2) is 69.3 Å². The van der Waals surface area contributed by atoms with Crippen LogP contribution in [0.3, 0.4) is 0 Å². The van der Waals surface area contributed by atoms with E-state index in [0.717, 1.165) is 19.3 Å². The van der Waals surface area contributed by atoms with Gasteiger partial charge in [-0.15, -0.1) is 4.31 Å². The average molecular weight is 601 g/mol. The van der Waals surface area contributed by atoms with Gasteiger partial charge in [0.05, 0.1) is 37.9 Å². The van der Waals surface area contributed by atoms with Crippen molar-refractivity contribution in [3.8, 4) is 22.9 Å². The van der Waals surface area contributed by atoms with Gasteiger partial charge in [0, 0.05) is 18.4 Å². The van der Waals surface area contributed by atoms with Crippen molar-refractivity contribution in [1.29, 1.82) is 0 Å². The number of carbonyl (C=O) groups excluding carboxylic acids is 1. The van der Waals surface area contributed by atoms with E-state index in [2.05, 4.69) is 15.0 Å². The molecule has 0 saturated carbocycles. The molecule has 1 atom stereocenters. The zero-order chi connectivity index (χ0) is 30.1. The molecule has 4 rings (SSSR count). The highest BCUT2D eigenvalue weighted by Crippen LogP contribution is 2.34. The first-order chi connectivity index (χ1) is 20.2. The van der Waals surface area contributed by atoms with Crippen LogP contribution in [0.15, 0.2) is 53.7 Å². The zero-order valence-electron chi connectivity index (χ0n) is 24.2. The number of pyridine rings is 1. The number of aromatic nitrogens is 3. The molecule has 3 heterocycles. The lowest BCUT2D eigenvalue weighted by Crippen LogP contribution is -2.39.